The normalized spacial score (nSPS) is 26.7. The Kier molecular flexibility index (Phi) is 8.63. The molecular weight excluding hydrogens is 396 g/mol. The standard InChI is InChI=1S/C19H28N4O7/c24-11-15-16(25)17(26)18(27)19(30-15)29-8-4-3-7-28-12-14-10-23(22-21-14)9-13-5-1-2-6-20-13/h1-2,5-6,10,15-19,24-27H,3-4,7-9,11-12H2. The second-order valence-corrected chi connectivity index (χ2v) is 7.06. The van der Waals surface area contributed by atoms with Gasteiger partial charge in [-0.05, 0) is 25.0 Å². The Hall–Kier alpha value is -1.99. The first kappa shape index (κ1) is 22.7. The molecule has 166 valence electrons. The molecule has 4 N–H and O–H groups in total. The molecule has 0 amide bonds. The first-order valence-corrected chi connectivity index (χ1v) is 9.87. The molecule has 0 spiro atoms. The second kappa shape index (κ2) is 11.4. The molecule has 0 bridgehead atoms. The van der Waals surface area contributed by atoms with Gasteiger partial charge in [0, 0.05) is 19.4 Å². The number of hydrogen-bond acceptors (Lipinski definition) is 10. The minimum atomic E-state index is -1.43. The van der Waals surface area contributed by atoms with Crippen LogP contribution < -0.4 is 0 Å². The molecule has 30 heavy (non-hydrogen) atoms. The van der Waals surface area contributed by atoms with E-state index in [-0.39, 0.29) is 6.61 Å². The van der Waals surface area contributed by atoms with Crippen LogP contribution in [0.2, 0.25) is 0 Å². The number of rotatable bonds is 11. The highest BCUT2D eigenvalue weighted by Crippen LogP contribution is 2.22. The highest BCUT2D eigenvalue weighted by Gasteiger charge is 2.43. The molecule has 3 heterocycles. The van der Waals surface area contributed by atoms with Crippen molar-refractivity contribution in [3.05, 3.63) is 42.0 Å². The molecule has 0 aliphatic carbocycles. The number of unbranched alkanes of at least 4 members (excludes halogenated alkanes) is 1. The topological polar surface area (TPSA) is 152 Å². The van der Waals surface area contributed by atoms with E-state index in [1.165, 1.54) is 0 Å². The summed E-state index contributed by atoms with van der Waals surface area (Å²) < 4.78 is 18.0. The molecule has 0 saturated carbocycles. The van der Waals surface area contributed by atoms with Gasteiger partial charge in [0.1, 0.15) is 30.1 Å². The SMILES string of the molecule is OCC1OC(OCCCCOCc2cn(Cc3ccccn3)nn2)C(O)C(O)C1O. The number of nitrogens with zero attached hydrogens (tertiary/aromatic N) is 4. The van der Waals surface area contributed by atoms with Gasteiger partial charge < -0.3 is 34.6 Å². The van der Waals surface area contributed by atoms with Crippen molar-refractivity contribution in [2.45, 2.75) is 56.7 Å². The van der Waals surface area contributed by atoms with E-state index >= 15 is 0 Å². The minimum Gasteiger partial charge on any atom is -0.394 e. The van der Waals surface area contributed by atoms with Gasteiger partial charge in [0.15, 0.2) is 6.29 Å². The van der Waals surface area contributed by atoms with Crippen LogP contribution in [0, 0.1) is 0 Å². The Morgan fingerprint density at radius 2 is 1.87 bits per heavy atom. The van der Waals surface area contributed by atoms with E-state index in [9.17, 15) is 15.3 Å². The van der Waals surface area contributed by atoms with Gasteiger partial charge >= 0.3 is 0 Å². The molecule has 5 atom stereocenters. The summed E-state index contributed by atoms with van der Waals surface area (Å²) in [6.07, 6.45) is -1.38. The lowest BCUT2D eigenvalue weighted by molar-refractivity contribution is -0.301. The molecular formula is C19H28N4O7. The van der Waals surface area contributed by atoms with Crippen molar-refractivity contribution in [2.75, 3.05) is 19.8 Å². The zero-order chi connectivity index (χ0) is 21.3. The Morgan fingerprint density at radius 1 is 1.03 bits per heavy atom. The highest BCUT2D eigenvalue weighted by molar-refractivity contribution is 5.04. The molecule has 11 nitrogen and oxygen atoms in total. The number of hydrogen-bond donors (Lipinski definition) is 4. The van der Waals surface area contributed by atoms with E-state index in [4.69, 9.17) is 19.3 Å². The highest BCUT2D eigenvalue weighted by atomic mass is 16.7. The van der Waals surface area contributed by atoms with E-state index in [0.29, 0.717) is 32.6 Å². The average Bonchev–Trinajstić information content (AvgIpc) is 3.20. The second-order valence-electron chi connectivity index (χ2n) is 7.06. The molecule has 11 heteroatoms. The molecule has 5 unspecified atom stereocenters. The molecule has 1 aliphatic heterocycles. The predicted octanol–water partition coefficient (Wildman–Crippen LogP) is -1.17. The van der Waals surface area contributed by atoms with Crippen LogP contribution in [0.1, 0.15) is 24.2 Å². The van der Waals surface area contributed by atoms with E-state index in [1.807, 2.05) is 24.4 Å². The third-order valence-electron chi connectivity index (χ3n) is 4.70. The molecule has 0 radical (unpaired) electrons. The van der Waals surface area contributed by atoms with E-state index < -0.39 is 37.3 Å². The Bertz CT molecular complexity index is 745. The summed E-state index contributed by atoms with van der Waals surface area (Å²) in [5.74, 6) is 0. The number of pyridine rings is 1. The molecule has 0 aromatic carbocycles. The summed E-state index contributed by atoms with van der Waals surface area (Å²) in [6, 6.07) is 5.70. The maximum atomic E-state index is 9.90. The fourth-order valence-electron chi connectivity index (χ4n) is 3.03. The van der Waals surface area contributed by atoms with Crippen LogP contribution in [0.4, 0.5) is 0 Å². The average molecular weight is 424 g/mol. The summed E-state index contributed by atoms with van der Waals surface area (Å²) in [5.41, 5.74) is 1.62. The Morgan fingerprint density at radius 3 is 2.63 bits per heavy atom. The maximum absolute atomic E-state index is 9.90. The third-order valence-corrected chi connectivity index (χ3v) is 4.70. The summed E-state index contributed by atoms with van der Waals surface area (Å²) in [4.78, 5) is 4.25. The molecule has 2 aromatic heterocycles. The van der Waals surface area contributed by atoms with Crippen LogP contribution in [-0.2, 0) is 27.4 Å². The van der Waals surface area contributed by atoms with Gasteiger partial charge in [-0.3, -0.25) is 4.98 Å². The zero-order valence-electron chi connectivity index (χ0n) is 16.5. The van der Waals surface area contributed by atoms with Crippen molar-refractivity contribution < 1.29 is 34.6 Å². The van der Waals surface area contributed by atoms with Crippen molar-refractivity contribution in [1.29, 1.82) is 0 Å². The Balaban J connectivity index is 1.28. The van der Waals surface area contributed by atoms with E-state index in [0.717, 1.165) is 11.4 Å². The van der Waals surface area contributed by atoms with Crippen LogP contribution in [0.3, 0.4) is 0 Å². The monoisotopic (exact) mass is 424 g/mol. The lowest BCUT2D eigenvalue weighted by Crippen LogP contribution is -2.59. The van der Waals surface area contributed by atoms with Crippen molar-refractivity contribution in [1.82, 2.24) is 20.0 Å². The largest absolute Gasteiger partial charge is 0.394 e. The van der Waals surface area contributed by atoms with E-state index in [2.05, 4.69) is 15.3 Å². The zero-order valence-corrected chi connectivity index (χ0v) is 16.5. The van der Waals surface area contributed by atoms with Gasteiger partial charge in [0.2, 0.25) is 0 Å². The van der Waals surface area contributed by atoms with Crippen LogP contribution >= 0.6 is 0 Å². The van der Waals surface area contributed by atoms with Gasteiger partial charge in [-0.1, -0.05) is 11.3 Å². The van der Waals surface area contributed by atoms with Crippen LogP contribution in [0.25, 0.3) is 0 Å². The van der Waals surface area contributed by atoms with Gasteiger partial charge in [-0.15, -0.1) is 5.10 Å². The first-order chi connectivity index (χ1) is 14.6. The van der Waals surface area contributed by atoms with Gasteiger partial charge in [-0.2, -0.15) is 0 Å². The molecule has 1 saturated heterocycles. The summed E-state index contributed by atoms with van der Waals surface area (Å²) >= 11 is 0. The van der Waals surface area contributed by atoms with Crippen LogP contribution in [0.5, 0.6) is 0 Å². The smallest absolute Gasteiger partial charge is 0.186 e. The lowest BCUT2D eigenvalue weighted by Gasteiger charge is -2.39. The number of aliphatic hydroxyl groups is 4. The van der Waals surface area contributed by atoms with Crippen molar-refractivity contribution >= 4 is 0 Å². The fourth-order valence-corrected chi connectivity index (χ4v) is 3.03. The fraction of sp³-hybridized carbons (Fsp3) is 0.632. The minimum absolute atomic E-state index is 0.270. The van der Waals surface area contributed by atoms with Crippen molar-refractivity contribution in [3.8, 4) is 0 Å². The van der Waals surface area contributed by atoms with Crippen molar-refractivity contribution in [2.24, 2.45) is 0 Å². The Labute approximate surface area is 173 Å². The van der Waals surface area contributed by atoms with Gasteiger partial charge in [0.05, 0.1) is 31.6 Å². The molecule has 1 fully saturated rings. The van der Waals surface area contributed by atoms with Crippen LogP contribution in [-0.4, -0.2) is 90.9 Å². The van der Waals surface area contributed by atoms with Crippen LogP contribution in [0.15, 0.2) is 30.6 Å². The molecule has 3 rings (SSSR count). The summed E-state index contributed by atoms with van der Waals surface area (Å²) in [7, 11) is 0. The van der Waals surface area contributed by atoms with E-state index in [1.54, 1.807) is 10.9 Å². The summed E-state index contributed by atoms with van der Waals surface area (Å²) in [6.45, 7) is 1.17. The number of ether oxygens (including phenoxy) is 3. The van der Waals surface area contributed by atoms with Gasteiger partial charge in [-0.25, -0.2) is 4.68 Å². The predicted molar refractivity (Wildman–Crippen MR) is 102 cm³/mol. The maximum Gasteiger partial charge on any atom is 0.186 e. The van der Waals surface area contributed by atoms with Gasteiger partial charge in [0.25, 0.3) is 0 Å². The quantitative estimate of drug-likeness (QED) is 0.325. The molecule has 1 aliphatic rings. The molecule has 2 aromatic rings. The number of aliphatic hydroxyl groups excluding tert-OH is 4. The third kappa shape index (κ3) is 6.25. The lowest BCUT2D eigenvalue weighted by atomic mass is 9.99. The first-order valence-electron chi connectivity index (χ1n) is 9.87. The summed E-state index contributed by atoms with van der Waals surface area (Å²) in [5, 5.41) is 46.6. The van der Waals surface area contributed by atoms with Crippen molar-refractivity contribution in [3.63, 3.8) is 0 Å². The number of aromatic nitrogens is 4.